The molecule has 0 saturated carbocycles. The number of carbonyl (C=O) groups excluding carboxylic acids is 2. The second-order valence-electron chi connectivity index (χ2n) is 4.29. The van der Waals surface area contributed by atoms with Crippen molar-refractivity contribution in [3.05, 3.63) is 35.9 Å². The predicted octanol–water partition coefficient (Wildman–Crippen LogP) is -0.0440. The molecule has 4 atom stereocenters. The minimum atomic E-state index is -2.85. The number of hydrogen-bond donors (Lipinski definition) is 1. The Balaban J connectivity index is 1.73. The molecule has 2 unspecified atom stereocenters. The van der Waals surface area contributed by atoms with E-state index in [0.717, 1.165) is 5.56 Å². The van der Waals surface area contributed by atoms with Crippen molar-refractivity contribution in [1.82, 2.24) is 0 Å². The molecule has 19 heavy (non-hydrogen) atoms. The van der Waals surface area contributed by atoms with Crippen LogP contribution in [-0.4, -0.2) is 41.8 Å². The molecular weight excluding hydrogens is 252 g/mol. The molecule has 0 amide bonds. The maximum atomic E-state index is 11.7. The van der Waals surface area contributed by atoms with Gasteiger partial charge in [0.1, 0.15) is 6.10 Å². The summed E-state index contributed by atoms with van der Waals surface area (Å²) in [6, 6.07) is 9.09. The summed E-state index contributed by atoms with van der Waals surface area (Å²) in [5, 5.41) is 9.39. The van der Waals surface area contributed by atoms with E-state index in [1.807, 2.05) is 18.2 Å². The fourth-order valence-corrected chi connectivity index (χ4v) is 2.07. The number of benzene rings is 1. The molecule has 1 aromatic rings. The van der Waals surface area contributed by atoms with Crippen molar-refractivity contribution in [1.29, 1.82) is 0 Å². The molecule has 3 rings (SSSR count). The van der Waals surface area contributed by atoms with E-state index in [1.165, 1.54) is 0 Å². The van der Waals surface area contributed by atoms with Crippen LogP contribution < -0.4 is 0 Å². The highest BCUT2D eigenvalue weighted by atomic mass is 16.7. The summed E-state index contributed by atoms with van der Waals surface area (Å²) < 4.78 is 22.9. The van der Waals surface area contributed by atoms with Crippen molar-refractivity contribution >= 4 is 11.8 Å². The minimum Gasteiger partial charge on any atom is -0.449 e. The van der Waals surface area contributed by atoms with Crippen molar-refractivity contribution in [3.63, 3.8) is 0 Å². The van der Waals surface area contributed by atoms with E-state index in [0.29, 0.717) is 0 Å². The van der Waals surface area contributed by atoms with E-state index in [-0.39, 0.29) is 6.61 Å². The van der Waals surface area contributed by atoms with Crippen LogP contribution in [-0.2, 0) is 23.8 Å². The van der Waals surface area contributed by atoms with Gasteiger partial charge in [0, 0.05) is 5.56 Å². The largest absolute Gasteiger partial charge is 0.449 e. The second-order valence-corrected chi connectivity index (χ2v) is 4.29. The van der Waals surface area contributed by atoms with Gasteiger partial charge >= 0.3 is 5.97 Å². The maximum Gasteiger partial charge on any atom is 0.343 e. The van der Waals surface area contributed by atoms with Crippen molar-refractivity contribution in [2.24, 2.45) is 0 Å². The Labute approximate surface area is 110 Å². The monoisotopic (exact) mass is 265 g/mol. The predicted molar refractivity (Wildman–Crippen MR) is 60.9 cm³/mol. The number of cyclic esters (lactones) is 1. The van der Waals surface area contributed by atoms with Crippen LogP contribution >= 0.6 is 0 Å². The third-order valence-corrected chi connectivity index (χ3v) is 3.04. The lowest BCUT2D eigenvalue weighted by atomic mass is 10.1. The van der Waals surface area contributed by atoms with E-state index >= 15 is 0 Å². The Morgan fingerprint density at radius 2 is 2.00 bits per heavy atom. The van der Waals surface area contributed by atoms with Crippen LogP contribution in [0.15, 0.2) is 30.3 Å². The third kappa shape index (κ3) is 2.14. The lowest BCUT2D eigenvalue weighted by Crippen LogP contribution is -2.36. The molecule has 6 nitrogen and oxygen atoms in total. The summed E-state index contributed by atoms with van der Waals surface area (Å²) in [5.41, 5.74) is 0.771. The summed E-state index contributed by atoms with van der Waals surface area (Å²) >= 11 is 0. The molecule has 1 aromatic carbocycles. The molecule has 1 N–H and O–H groups in total. The zero-order chi connectivity index (χ0) is 14.3. The summed E-state index contributed by atoms with van der Waals surface area (Å²) in [4.78, 5) is 23.0. The van der Waals surface area contributed by atoms with Crippen LogP contribution in [0.5, 0.6) is 0 Å². The maximum absolute atomic E-state index is 11.7. The van der Waals surface area contributed by atoms with Crippen molar-refractivity contribution in [3.8, 4) is 0 Å². The average Bonchev–Trinajstić information content (AvgIpc) is 3.00. The highest BCUT2D eigenvalue weighted by molar-refractivity contribution is 6.09. The van der Waals surface area contributed by atoms with E-state index in [4.69, 9.17) is 15.6 Å². The first kappa shape index (κ1) is 11.1. The van der Waals surface area contributed by atoms with Gasteiger partial charge in [-0.05, 0) is 0 Å². The van der Waals surface area contributed by atoms with Gasteiger partial charge in [0.25, 0.3) is 0 Å². The van der Waals surface area contributed by atoms with Gasteiger partial charge in [-0.15, -0.1) is 0 Å². The Morgan fingerprint density at radius 3 is 2.63 bits per heavy atom. The van der Waals surface area contributed by atoms with Crippen molar-refractivity contribution in [2.45, 2.75) is 24.6 Å². The number of rotatable bonds is 2. The van der Waals surface area contributed by atoms with Gasteiger partial charge in [0.15, 0.2) is 12.4 Å². The van der Waals surface area contributed by atoms with Gasteiger partial charge < -0.3 is 19.3 Å². The van der Waals surface area contributed by atoms with Crippen LogP contribution in [0.3, 0.4) is 0 Å². The fraction of sp³-hybridized carbons (Fsp3) is 0.385. The van der Waals surface area contributed by atoms with E-state index in [1.54, 1.807) is 12.1 Å². The van der Waals surface area contributed by atoms with Gasteiger partial charge in [-0.3, -0.25) is 4.79 Å². The molecular formula is C13H12O6. The fourth-order valence-electron chi connectivity index (χ4n) is 2.07. The standard InChI is InChI=1S/C13H12O6/c14-9-10(15)12(16)19-11(9)8-6-17-13(18-8)7-4-2-1-3-5-7/h1-5,8,10-11,13,15H,6H2/t8-,10?,11+,13?/m0/s1/i10D. The summed E-state index contributed by atoms with van der Waals surface area (Å²) in [5.74, 6) is -2.30. The Kier molecular flexibility index (Phi) is 2.76. The van der Waals surface area contributed by atoms with Gasteiger partial charge in [0.2, 0.25) is 11.9 Å². The molecule has 100 valence electrons. The van der Waals surface area contributed by atoms with E-state index in [9.17, 15) is 14.7 Å². The quantitative estimate of drug-likeness (QED) is 0.596. The first-order valence-electron chi connectivity index (χ1n) is 6.30. The van der Waals surface area contributed by atoms with Gasteiger partial charge in [-0.2, -0.15) is 0 Å². The third-order valence-electron chi connectivity index (χ3n) is 3.04. The Morgan fingerprint density at radius 1 is 1.26 bits per heavy atom. The van der Waals surface area contributed by atoms with Crippen molar-refractivity contribution in [2.75, 3.05) is 6.61 Å². The molecule has 2 aliphatic rings. The second kappa shape index (κ2) is 4.73. The zero-order valence-corrected chi connectivity index (χ0v) is 9.81. The topological polar surface area (TPSA) is 82.1 Å². The smallest absolute Gasteiger partial charge is 0.343 e. The number of ether oxygens (including phenoxy) is 3. The van der Waals surface area contributed by atoms with Crippen LogP contribution in [0.25, 0.3) is 0 Å². The zero-order valence-electron chi connectivity index (χ0n) is 10.8. The van der Waals surface area contributed by atoms with Gasteiger partial charge in [-0.25, -0.2) is 4.79 Å². The number of hydrogen-bond acceptors (Lipinski definition) is 6. The lowest BCUT2D eigenvalue weighted by molar-refractivity contribution is -0.152. The number of carbonyl (C=O) groups is 2. The average molecular weight is 265 g/mol. The number of aliphatic hydroxyl groups is 1. The first-order valence-corrected chi connectivity index (χ1v) is 5.80. The minimum absolute atomic E-state index is 0.0410. The highest BCUT2D eigenvalue weighted by Crippen LogP contribution is 2.30. The molecule has 2 saturated heterocycles. The molecule has 2 fully saturated rings. The van der Waals surface area contributed by atoms with Crippen LogP contribution in [0.2, 0.25) is 0 Å². The first-order chi connectivity index (χ1) is 9.50. The van der Waals surface area contributed by atoms with Crippen LogP contribution in [0.4, 0.5) is 0 Å². The summed E-state index contributed by atoms with van der Waals surface area (Å²) in [7, 11) is 0. The lowest BCUT2D eigenvalue weighted by Gasteiger charge is -2.15. The Hall–Kier alpha value is -1.76. The molecule has 6 heteroatoms. The van der Waals surface area contributed by atoms with Crippen LogP contribution in [0, 0.1) is 0 Å². The van der Waals surface area contributed by atoms with Gasteiger partial charge in [-0.1, -0.05) is 30.3 Å². The van der Waals surface area contributed by atoms with E-state index < -0.39 is 36.3 Å². The number of esters is 1. The normalized spacial score (nSPS) is 39.2. The summed E-state index contributed by atoms with van der Waals surface area (Å²) in [6.07, 6.45) is -5.64. The van der Waals surface area contributed by atoms with Crippen molar-refractivity contribution < 1.29 is 30.3 Å². The molecule has 0 bridgehead atoms. The molecule has 2 aliphatic heterocycles. The number of Topliss-reactive ketones (excluding diaryl/α,β-unsaturated/α-hetero) is 1. The number of ketones is 1. The van der Waals surface area contributed by atoms with E-state index in [2.05, 4.69) is 0 Å². The summed E-state index contributed by atoms with van der Waals surface area (Å²) in [6.45, 7) is 0.0410. The van der Waals surface area contributed by atoms with Crippen LogP contribution in [0.1, 0.15) is 13.2 Å². The Bertz CT molecular complexity index is 543. The van der Waals surface area contributed by atoms with Gasteiger partial charge in [0.05, 0.1) is 7.98 Å². The molecule has 0 aliphatic carbocycles. The molecule has 0 radical (unpaired) electrons. The SMILES string of the molecule is [2H]C1(O)C(=O)O[C@H]([C@@H]2COC(c3ccccc3)O2)C1=O. The molecule has 2 heterocycles. The molecule has 0 spiro atoms. The highest BCUT2D eigenvalue weighted by Gasteiger charge is 2.49. The molecule has 0 aromatic heterocycles.